The molecule has 0 amide bonds. The normalized spacial score (nSPS) is 10.9. The van der Waals surface area contributed by atoms with Crippen molar-refractivity contribution >= 4 is 22.2 Å². The molecule has 0 unspecified atom stereocenters. The van der Waals surface area contributed by atoms with Gasteiger partial charge in [-0.25, -0.2) is 8.42 Å². The summed E-state index contributed by atoms with van der Waals surface area (Å²) in [5.74, 6) is 0.00543. The molecule has 6 heteroatoms. The maximum absolute atomic E-state index is 11.7. The van der Waals surface area contributed by atoms with E-state index in [-0.39, 0.29) is 24.8 Å². The summed E-state index contributed by atoms with van der Waals surface area (Å²) in [6.07, 6.45) is 0. The van der Waals surface area contributed by atoms with Gasteiger partial charge in [0.2, 0.25) is 0 Å². The summed E-state index contributed by atoms with van der Waals surface area (Å²) in [7, 11) is -1.73. The summed E-state index contributed by atoms with van der Waals surface area (Å²) >= 11 is 0. The molecule has 0 atom stereocenters. The molecule has 4 nitrogen and oxygen atoms in total. The molecule has 0 bridgehead atoms. The average Bonchev–Trinajstić information content (AvgIpc) is 2.26. The zero-order chi connectivity index (χ0) is 11.3. The van der Waals surface area contributed by atoms with Crippen LogP contribution in [0.25, 0.3) is 0 Å². The molecular weight excluding hydrogens is 250 g/mol. The SMILES string of the molecule is COCCS(=O)(=O)c1ccc(CN)cc1.Cl. The zero-order valence-corrected chi connectivity index (χ0v) is 10.7. The van der Waals surface area contributed by atoms with Gasteiger partial charge in [-0.1, -0.05) is 12.1 Å². The summed E-state index contributed by atoms with van der Waals surface area (Å²) in [6, 6.07) is 6.60. The van der Waals surface area contributed by atoms with Crippen molar-refractivity contribution in [1.29, 1.82) is 0 Å². The van der Waals surface area contributed by atoms with Crippen molar-refractivity contribution in [2.75, 3.05) is 19.5 Å². The molecule has 0 aliphatic rings. The Labute approximate surface area is 102 Å². The Bertz CT molecular complexity index is 403. The van der Waals surface area contributed by atoms with Gasteiger partial charge in [-0.2, -0.15) is 0 Å². The summed E-state index contributed by atoms with van der Waals surface area (Å²) in [6.45, 7) is 0.624. The van der Waals surface area contributed by atoms with Crippen molar-refractivity contribution in [3.8, 4) is 0 Å². The highest BCUT2D eigenvalue weighted by Gasteiger charge is 2.13. The first-order chi connectivity index (χ1) is 7.10. The highest BCUT2D eigenvalue weighted by atomic mass is 35.5. The van der Waals surface area contributed by atoms with Crippen LogP contribution in [0.15, 0.2) is 29.2 Å². The fourth-order valence-electron chi connectivity index (χ4n) is 1.14. The molecule has 0 fully saturated rings. The van der Waals surface area contributed by atoms with Gasteiger partial charge in [0, 0.05) is 13.7 Å². The Morgan fingerprint density at radius 2 is 1.81 bits per heavy atom. The van der Waals surface area contributed by atoms with Crippen LogP contribution >= 0.6 is 12.4 Å². The van der Waals surface area contributed by atoms with Gasteiger partial charge in [-0.15, -0.1) is 12.4 Å². The molecule has 92 valence electrons. The molecule has 1 aromatic rings. The van der Waals surface area contributed by atoms with E-state index in [4.69, 9.17) is 10.5 Å². The van der Waals surface area contributed by atoms with Crippen LogP contribution in [-0.4, -0.2) is 27.9 Å². The third kappa shape index (κ3) is 4.09. The van der Waals surface area contributed by atoms with Gasteiger partial charge in [0.15, 0.2) is 9.84 Å². The number of hydrogen-bond donors (Lipinski definition) is 1. The van der Waals surface area contributed by atoms with Crippen LogP contribution in [0.1, 0.15) is 5.56 Å². The van der Waals surface area contributed by atoms with E-state index in [1.807, 2.05) is 0 Å². The second-order valence-corrected chi connectivity index (χ2v) is 5.27. The van der Waals surface area contributed by atoms with Crippen LogP contribution < -0.4 is 5.73 Å². The molecule has 0 aliphatic heterocycles. The minimum atomic E-state index is -3.21. The lowest BCUT2D eigenvalue weighted by molar-refractivity contribution is 0.217. The van der Waals surface area contributed by atoms with Crippen molar-refractivity contribution in [1.82, 2.24) is 0 Å². The average molecular weight is 266 g/mol. The number of ether oxygens (including phenoxy) is 1. The van der Waals surface area contributed by atoms with Gasteiger partial charge < -0.3 is 10.5 Å². The first-order valence-electron chi connectivity index (χ1n) is 4.61. The molecule has 0 heterocycles. The van der Waals surface area contributed by atoms with Crippen LogP contribution in [0.3, 0.4) is 0 Å². The Kier molecular flexibility index (Phi) is 6.59. The maximum Gasteiger partial charge on any atom is 0.180 e. The van der Waals surface area contributed by atoms with Crippen molar-refractivity contribution in [2.24, 2.45) is 5.73 Å². The topological polar surface area (TPSA) is 69.4 Å². The van der Waals surface area contributed by atoms with Crippen molar-refractivity contribution in [3.05, 3.63) is 29.8 Å². The summed E-state index contributed by atoms with van der Waals surface area (Å²) < 4.78 is 28.1. The minimum Gasteiger partial charge on any atom is -0.384 e. The molecule has 0 saturated carbocycles. The molecular formula is C10H16ClNO3S. The summed E-state index contributed by atoms with van der Waals surface area (Å²) in [4.78, 5) is 0.316. The molecule has 0 radical (unpaired) electrons. The lowest BCUT2D eigenvalue weighted by Gasteiger charge is -2.04. The van der Waals surface area contributed by atoms with Crippen LogP contribution in [0.5, 0.6) is 0 Å². The van der Waals surface area contributed by atoms with E-state index in [0.717, 1.165) is 5.56 Å². The molecule has 2 N–H and O–H groups in total. The standard InChI is InChI=1S/C10H15NO3S.ClH/c1-14-6-7-15(12,13)10-4-2-9(8-11)3-5-10;/h2-5H,6-8,11H2,1H3;1H. The van der Waals surface area contributed by atoms with E-state index in [1.165, 1.54) is 7.11 Å². The van der Waals surface area contributed by atoms with Gasteiger partial charge in [0.25, 0.3) is 0 Å². The highest BCUT2D eigenvalue weighted by Crippen LogP contribution is 2.12. The molecule has 0 aliphatic carbocycles. The number of methoxy groups -OCH3 is 1. The van der Waals surface area contributed by atoms with Crippen LogP contribution in [0.2, 0.25) is 0 Å². The monoisotopic (exact) mass is 265 g/mol. The van der Waals surface area contributed by atoms with E-state index in [2.05, 4.69) is 0 Å². The second kappa shape index (κ2) is 6.85. The largest absolute Gasteiger partial charge is 0.384 e. The molecule has 16 heavy (non-hydrogen) atoms. The van der Waals surface area contributed by atoms with Gasteiger partial charge in [0.05, 0.1) is 17.3 Å². The minimum absolute atomic E-state index is 0. The third-order valence-electron chi connectivity index (χ3n) is 2.07. The van der Waals surface area contributed by atoms with E-state index in [0.29, 0.717) is 11.4 Å². The van der Waals surface area contributed by atoms with E-state index in [9.17, 15) is 8.42 Å². The maximum atomic E-state index is 11.7. The van der Waals surface area contributed by atoms with E-state index >= 15 is 0 Å². The number of hydrogen-bond acceptors (Lipinski definition) is 4. The van der Waals surface area contributed by atoms with Gasteiger partial charge in [-0.05, 0) is 17.7 Å². The van der Waals surface area contributed by atoms with Gasteiger partial charge >= 0.3 is 0 Å². The van der Waals surface area contributed by atoms with Crippen LogP contribution in [0, 0.1) is 0 Å². The molecule has 0 saturated heterocycles. The molecule has 0 aromatic heterocycles. The summed E-state index contributed by atoms with van der Waals surface area (Å²) in [5, 5.41) is 0. The lowest BCUT2D eigenvalue weighted by Crippen LogP contribution is -2.11. The number of halogens is 1. The quantitative estimate of drug-likeness (QED) is 0.862. The molecule has 1 rings (SSSR count). The number of rotatable bonds is 5. The third-order valence-corrected chi connectivity index (χ3v) is 3.77. The number of nitrogens with two attached hydrogens (primary N) is 1. The number of benzene rings is 1. The van der Waals surface area contributed by atoms with Gasteiger partial charge in [0.1, 0.15) is 0 Å². The Balaban J connectivity index is 0.00000225. The first-order valence-corrected chi connectivity index (χ1v) is 6.26. The predicted octanol–water partition coefficient (Wildman–Crippen LogP) is 0.987. The van der Waals surface area contributed by atoms with Gasteiger partial charge in [-0.3, -0.25) is 0 Å². The fraction of sp³-hybridized carbons (Fsp3) is 0.400. The highest BCUT2D eigenvalue weighted by molar-refractivity contribution is 7.91. The smallest absolute Gasteiger partial charge is 0.180 e. The fourth-order valence-corrected chi connectivity index (χ4v) is 2.32. The predicted molar refractivity (Wildman–Crippen MR) is 65.5 cm³/mol. The lowest BCUT2D eigenvalue weighted by atomic mass is 10.2. The molecule has 1 aromatic carbocycles. The Hall–Kier alpha value is -0.620. The molecule has 0 spiro atoms. The Morgan fingerprint density at radius 1 is 1.25 bits per heavy atom. The first kappa shape index (κ1) is 15.4. The summed E-state index contributed by atoms with van der Waals surface area (Å²) in [5.41, 5.74) is 6.34. The van der Waals surface area contributed by atoms with Crippen LogP contribution in [-0.2, 0) is 21.1 Å². The van der Waals surface area contributed by atoms with Crippen LogP contribution in [0.4, 0.5) is 0 Å². The van der Waals surface area contributed by atoms with Crippen molar-refractivity contribution < 1.29 is 13.2 Å². The number of sulfone groups is 1. The van der Waals surface area contributed by atoms with Crippen molar-refractivity contribution in [3.63, 3.8) is 0 Å². The van der Waals surface area contributed by atoms with E-state index < -0.39 is 9.84 Å². The second-order valence-electron chi connectivity index (χ2n) is 3.16. The Morgan fingerprint density at radius 3 is 2.25 bits per heavy atom. The van der Waals surface area contributed by atoms with Crippen molar-refractivity contribution in [2.45, 2.75) is 11.4 Å². The zero-order valence-electron chi connectivity index (χ0n) is 9.05. The van der Waals surface area contributed by atoms with E-state index in [1.54, 1.807) is 24.3 Å².